The predicted molar refractivity (Wildman–Crippen MR) is 105 cm³/mol. The van der Waals surface area contributed by atoms with Crippen molar-refractivity contribution in [2.75, 3.05) is 26.0 Å². The predicted octanol–water partition coefficient (Wildman–Crippen LogP) is 3.17. The third-order valence-corrected chi connectivity index (χ3v) is 6.12. The van der Waals surface area contributed by atoms with E-state index in [2.05, 4.69) is 10.6 Å². The number of carbonyl (C=O) groups is 1. The number of sulfonamides is 1. The van der Waals surface area contributed by atoms with Gasteiger partial charge in [0.2, 0.25) is 15.9 Å². The minimum absolute atomic E-state index is 0.0244. The van der Waals surface area contributed by atoms with Gasteiger partial charge >= 0.3 is 0 Å². The first kappa shape index (κ1) is 21.4. The quantitative estimate of drug-likeness (QED) is 0.693. The number of hydrogen-bond donors (Lipinski definition) is 2. The van der Waals surface area contributed by atoms with Crippen LogP contribution in [0.1, 0.15) is 30.9 Å². The Labute approximate surface area is 164 Å². The Balaban J connectivity index is 1.95. The van der Waals surface area contributed by atoms with Crippen molar-refractivity contribution in [1.29, 1.82) is 0 Å². The lowest BCUT2D eigenvalue weighted by atomic mass is 10.2. The molecule has 2 N–H and O–H groups in total. The number of furan rings is 1. The minimum Gasteiger partial charge on any atom is -0.465 e. The van der Waals surface area contributed by atoms with Crippen LogP contribution in [0.3, 0.4) is 0 Å². The fraction of sp³-hybridized carbons (Fsp3) is 0.389. The second-order valence-electron chi connectivity index (χ2n) is 6.35. The summed E-state index contributed by atoms with van der Waals surface area (Å²) >= 11 is 6.09. The number of rotatable bonds is 8. The molecule has 1 heterocycles. The van der Waals surface area contributed by atoms with E-state index in [1.807, 2.05) is 26.0 Å². The zero-order valence-electron chi connectivity index (χ0n) is 15.7. The summed E-state index contributed by atoms with van der Waals surface area (Å²) in [5.41, 5.74) is 0.263. The number of anilines is 1. The Morgan fingerprint density at radius 1 is 1.26 bits per heavy atom. The van der Waals surface area contributed by atoms with Crippen molar-refractivity contribution in [2.24, 2.45) is 0 Å². The highest BCUT2D eigenvalue weighted by Crippen LogP contribution is 2.26. The molecule has 0 fully saturated rings. The summed E-state index contributed by atoms with van der Waals surface area (Å²) in [5.74, 6) is 1.36. The van der Waals surface area contributed by atoms with Crippen molar-refractivity contribution >= 4 is 33.2 Å². The molecule has 1 unspecified atom stereocenters. The lowest BCUT2D eigenvalue weighted by molar-refractivity contribution is -0.116. The van der Waals surface area contributed by atoms with Crippen molar-refractivity contribution in [3.8, 4) is 0 Å². The van der Waals surface area contributed by atoms with Gasteiger partial charge in [0.25, 0.3) is 0 Å². The molecule has 0 spiro atoms. The molecule has 1 aromatic carbocycles. The van der Waals surface area contributed by atoms with Crippen molar-refractivity contribution in [3.05, 3.63) is 46.9 Å². The van der Waals surface area contributed by atoms with Crippen LogP contribution in [0.15, 0.2) is 39.6 Å². The molecule has 9 heteroatoms. The molecule has 0 saturated carbocycles. The maximum absolute atomic E-state index is 12.2. The molecule has 7 nitrogen and oxygen atoms in total. The molecular formula is C18H24ClN3O4S. The number of nitrogens with one attached hydrogen (secondary N) is 2. The van der Waals surface area contributed by atoms with Gasteiger partial charge in [0.05, 0.1) is 21.6 Å². The standard InChI is InChI=1S/C18H24ClN3O4S/c1-12-5-8-17(26-12)13(2)20-10-9-18(23)21-16-11-14(6-7-15(16)19)27(24,25)22(3)4/h5-8,11,13,20H,9-10H2,1-4H3,(H,21,23). The first-order valence-corrected chi connectivity index (χ1v) is 10.2. The van der Waals surface area contributed by atoms with Crippen LogP contribution >= 0.6 is 11.6 Å². The third-order valence-electron chi connectivity index (χ3n) is 3.98. The van der Waals surface area contributed by atoms with Crippen LogP contribution in [0.25, 0.3) is 0 Å². The zero-order valence-corrected chi connectivity index (χ0v) is 17.3. The number of nitrogens with zero attached hydrogens (tertiary/aromatic N) is 1. The summed E-state index contributed by atoms with van der Waals surface area (Å²) in [7, 11) is -0.728. The highest BCUT2D eigenvalue weighted by Gasteiger charge is 2.19. The van der Waals surface area contributed by atoms with Crippen molar-refractivity contribution < 1.29 is 17.6 Å². The van der Waals surface area contributed by atoms with E-state index in [9.17, 15) is 13.2 Å². The van der Waals surface area contributed by atoms with E-state index >= 15 is 0 Å². The van der Waals surface area contributed by atoms with E-state index in [-0.39, 0.29) is 34.0 Å². The molecule has 2 aromatic rings. The molecule has 1 aromatic heterocycles. The highest BCUT2D eigenvalue weighted by molar-refractivity contribution is 7.89. The molecule has 0 radical (unpaired) electrons. The summed E-state index contributed by atoms with van der Waals surface area (Å²) in [6.07, 6.45) is 0.199. The average molecular weight is 414 g/mol. The van der Waals surface area contributed by atoms with Crippen LogP contribution < -0.4 is 10.6 Å². The highest BCUT2D eigenvalue weighted by atomic mass is 35.5. The molecule has 0 saturated heterocycles. The Morgan fingerprint density at radius 2 is 1.96 bits per heavy atom. The van der Waals surface area contributed by atoms with Gasteiger partial charge in [0.15, 0.2) is 0 Å². The van der Waals surface area contributed by atoms with Gasteiger partial charge in [-0.1, -0.05) is 11.6 Å². The SMILES string of the molecule is Cc1ccc(C(C)NCCC(=O)Nc2cc(S(=O)(=O)N(C)C)ccc2Cl)o1. The van der Waals surface area contributed by atoms with Gasteiger partial charge in [0, 0.05) is 27.1 Å². The van der Waals surface area contributed by atoms with Crippen LogP contribution in [-0.2, 0) is 14.8 Å². The lowest BCUT2D eigenvalue weighted by Gasteiger charge is -2.14. The van der Waals surface area contributed by atoms with Gasteiger partial charge in [-0.3, -0.25) is 4.79 Å². The summed E-state index contributed by atoms with van der Waals surface area (Å²) in [4.78, 5) is 12.3. The van der Waals surface area contributed by atoms with E-state index in [1.165, 1.54) is 32.3 Å². The average Bonchev–Trinajstić information content (AvgIpc) is 3.03. The second kappa shape index (κ2) is 8.88. The van der Waals surface area contributed by atoms with Gasteiger partial charge in [-0.2, -0.15) is 0 Å². The summed E-state index contributed by atoms with van der Waals surface area (Å²) in [5, 5.41) is 6.14. The fourth-order valence-corrected chi connectivity index (χ4v) is 3.47. The maximum atomic E-state index is 12.2. The van der Waals surface area contributed by atoms with E-state index in [0.29, 0.717) is 6.54 Å². The Morgan fingerprint density at radius 3 is 2.56 bits per heavy atom. The maximum Gasteiger partial charge on any atom is 0.242 e. The van der Waals surface area contributed by atoms with Gasteiger partial charge in [0.1, 0.15) is 11.5 Å². The monoisotopic (exact) mass is 413 g/mol. The normalized spacial score (nSPS) is 13.0. The van der Waals surface area contributed by atoms with Crippen LogP contribution in [0, 0.1) is 6.92 Å². The molecule has 1 atom stereocenters. The van der Waals surface area contributed by atoms with Crippen molar-refractivity contribution in [1.82, 2.24) is 9.62 Å². The Hall–Kier alpha value is -1.87. The van der Waals surface area contributed by atoms with Crippen LogP contribution in [-0.4, -0.2) is 39.3 Å². The first-order chi connectivity index (χ1) is 12.6. The van der Waals surface area contributed by atoms with E-state index in [4.69, 9.17) is 16.0 Å². The molecular weight excluding hydrogens is 390 g/mol. The lowest BCUT2D eigenvalue weighted by Crippen LogP contribution is -2.24. The van der Waals surface area contributed by atoms with E-state index < -0.39 is 10.0 Å². The first-order valence-electron chi connectivity index (χ1n) is 8.43. The molecule has 1 amide bonds. The topological polar surface area (TPSA) is 91.7 Å². The van der Waals surface area contributed by atoms with Crippen molar-refractivity contribution in [3.63, 3.8) is 0 Å². The van der Waals surface area contributed by atoms with Gasteiger partial charge in [-0.05, 0) is 44.2 Å². The zero-order chi connectivity index (χ0) is 20.2. The summed E-state index contributed by atoms with van der Waals surface area (Å²) in [6.45, 7) is 4.25. The molecule has 27 heavy (non-hydrogen) atoms. The molecule has 148 valence electrons. The third kappa shape index (κ3) is 5.55. The summed E-state index contributed by atoms with van der Waals surface area (Å²) < 4.78 is 31.1. The van der Waals surface area contributed by atoms with Gasteiger partial charge < -0.3 is 15.1 Å². The van der Waals surface area contributed by atoms with E-state index in [1.54, 1.807) is 0 Å². The van der Waals surface area contributed by atoms with Crippen LogP contribution in [0.4, 0.5) is 5.69 Å². The summed E-state index contributed by atoms with van der Waals surface area (Å²) in [6, 6.07) is 7.97. The molecule has 0 aliphatic carbocycles. The molecule has 0 aliphatic heterocycles. The molecule has 0 bridgehead atoms. The number of amides is 1. The van der Waals surface area contributed by atoms with Crippen molar-refractivity contribution in [2.45, 2.75) is 31.2 Å². The number of aryl methyl sites for hydroxylation is 1. The Bertz CT molecular complexity index is 909. The molecule has 0 aliphatic rings. The molecule has 2 rings (SSSR count). The van der Waals surface area contributed by atoms with E-state index in [0.717, 1.165) is 15.8 Å². The Kier molecular flexibility index (Phi) is 7.05. The second-order valence-corrected chi connectivity index (χ2v) is 8.91. The largest absolute Gasteiger partial charge is 0.465 e. The van der Waals surface area contributed by atoms with Crippen LogP contribution in [0.2, 0.25) is 5.02 Å². The number of hydrogen-bond acceptors (Lipinski definition) is 5. The number of halogens is 1. The number of benzene rings is 1. The number of carbonyl (C=O) groups excluding carboxylic acids is 1. The van der Waals surface area contributed by atoms with Crippen LogP contribution in [0.5, 0.6) is 0 Å². The van der Waals surface area contributed by atoms with Gasteiger partial charge in [-0.25, -0.2) is 12.7 Å². The minimum atomic E-state index is -3.61. The fourth-order valence-electron chi connectivity index (χ4n) is 2.37. The smallest absolute Gasteiger partial charge is 0.242 e. The van der Waals surface area contributed by atoms with Gasteiger partial charge in [-0.15, -0.1) is 0 Å².